The summed E-state index contributed by atoms with van der Waals surface area (Å²) in [6, 6.07) is 5.60. The van der Waals surface area contributed by atoms with Crippen molar-refractivity contribution in [2.24, 2.45) is 0 Å². The van der Waals surface area contributed by atoms with Gasteiger partial charge in [-0.2, -0.15) is 0 Å². The van der Waals surface area contributed by atoms with E-state index >= 15 is 0 Å². The van der Waals surface area contributed by atoms with Gasteiger partial charge in [0.05, 0.1) is 10.7 Å². The maximum absolute atomic E-state index is 6.04. The van der Waals surface area contributed by atoms with E-state index in [9.17, 15) is 0 Å². The molecule has 78 valence electrons. The molecule has 0 radical (unpaired) electrons. The Balaban J connectivity index is 2.24. The fourth-order valence-electron chi connectivity index (χ4n) is 1.02. The normalized spacial score (nSPS) is 10.3. The van der Waals surface area contributed by atoms with E-state index in [1.165, 1.54) is 11.3 Å². The van der Waals surface area contributed by atoms with Crippen LogP contribution in [0, 0.1) is 0 Å². The predicted molar refractivity (Wildman–Crippen MR) is 69.6 cm³/mol. The summed E-state index contributed by atoms with van der Waals surface area (Å²) in [5.74, 6) is 0. The molecule has 1 heterocycles. The Morgan fingerprint density at radius 1 is 1.33 bits per heavy atom. The lowest BCUT2D eigenvalue weighted by Crippen LogP contribution is -1.89. The summed E-state index contributed by atoms with van der Waals surface area (Å²) in [5.41, 5.74) is 0.811. The third-order valence-electron chi connectivity index (χ3n) is 1.65. The second-order valence-electron chi connectivity index (χ2n) is 2.72. The Hall–Kier alpha value is -0.290. The standard InChI is InChI=1S/C9H5BrCl2N2S/c10-5-1-2-7(6(11)3-5)13-9-14-8(12)4-15-9/h1-4H,(H,13,14). The Labute approximate surface area is 109 Å². The van der Waals surface area contributed by atoms with Gasteiger partial charge in [0.15, 0.2) is 5.13 Å². The Morgan fingerprint density at radius 3 is 2.73 bits per heavy atom. The molecule has 0 saturated carbocycles. The van der Waals surface area contributed by atoms with Crippen LogP contribution >= 0.6 is 50.5 Å². The molecule has 1 N–H and O–H groups in total. The third kappa shape index (κ3) is 2.84. The molecule has 0 aliphatic carbocycles. The van der Waals surface area contributed by atoms with Gasteiger partial charge in [-0.1, -0.05) is 39.1 Å². The number of hydrogen-bond donors (Lipinski definition) is 1. The van der Waals surface area contributed by atoms with Crippen LogP contribution in [0.2, 0.25) is 10.2 Å². The highest BCUT2D eigenvalue weighted by Crippen LogP contribution is 2.30. The summed E-state index contributed by atoms with van der Waals surface area (Å²) in [7, 11) is 0. The number of nitrogens with one attached hydrogen (secondary N) is 1. The average Bonchev–Trinajstić information content (AvgIpc) is 2.56. The van der Waals surface area contributed by atoms with Crippen LogP contribution in [0.15, 0.2) is 28.1 Å². The Kier molecular flexibility index (Phi) is 3.51. The van der Waals surface area contributed by atoms with Gasteiger partial charge < -0.3 is 5.32 Å². The van der Waals surface area contributed by atoms with Crippen LogP contribution in [0.4, 0.5) is 10.8 Å². The van der Waals surface area contributed by atoms with Gasteiger partial charge in [-0.25, -0.2) is 4.98 Å². The first-order chi connectivity index (χ1) is 7.15. The van der Waals surface area contributed by atoms with E-state index in [1.807, 2.05) is 18.2 Å². The van der Waals surface area contributed by atoms with E-state index in [0.29, 0.717) is 10.2 Å². The summed E-state index contributed by atoms with van der Waals surface area (Å²) >= 11 is 16.5. The molecule has 0 atom stereocenters. The second kappa shape index (κ2) is 4.70. The van der Waals surface area contributed by atoms with Crippen molar-refractivity contribution < 1.29 is 0 Å². The number of aromatic nitrogens is 1. The SMILES string of the molecule is Clc1csc(Nc2ccc(Br)cc2Cl)n1. The number of hydrogen-bond acceptors (Lipinski definition) is 3. The number of rotatable bonds is 2. The molecule has 0 amide bonds. The van der Waals surface area contributed by atoms with E-state index in [2.05, 4.69) is 26.2 Å². The highest BCUT2D eigenvalue weighted by molar-refractivity contribution is 9.10. The predicted octanol–water partition coefficient (Wildman–Crippen LogP) is 4.96. The first kappa shape index (κ1) is 11.2. The molecule has 0 bridgehead atoms. The number of anilines is 2. The molecule has 15 heavy (non-hydrogen) atoms. The molecule has 0 spiro atoms. The second-order valence-corrected chi connectivity index (χ2v) is 5.29. The van der Waals surface area contributed by atoms with E-state index in [1.54, 1.807) is 5.38 Å². The van der Waals surface area contributed by atoms with Crippen molar-refractivity contribution in [3.8, 4) is 0 Å². The van der Waals surface area contributed by atoms with Gasteiger partial charge in [0.25, 0.3) is 0 Å². The fourth-order valence-corrected chi connectivity index (χ4v) is 2.59. The molecule has 2 rings (SSSR count). The maximum Gasteiger partial charge on any atom is 0.188 e. The van der Waals surface area contributed by atoms with Crippen LogP contribution in [0.3, 0.4) is 0 Å². The zero-order valence-corrected chi connectivity index (χ0v) is 11.2. The van der Waals surface area contributed by atoms with Crippen molar-refractivity contribution in [3.63, 3.8) is 0 Å². The van der Waals surface area contributed by atoms with Crippen LogP contribution in [0.5, 0.6) is 0 Å². The van der Waals surface area contributed by atoms with Gasteiger partial charge in [0, 0.05) is 9.85 Å². The summed E-state index contributed by atoms with van der Waals surface area (Å²) in [4.78, 5) is 4.07. The van der Waals surface area contributed by atoms with E-state index in [-0.39, 0.29) is 0 Å². The molecule has 1 aromatic carbocycles. The first-order valence-corrected chi connectivity index (χ1v) is 6.41. The molecule has 1 aromatic heterocycles. The molecule has 0 saturated heterocycles. The first-order valence-electron chi connectivity index (χ1n) is 3.98. The monoisotopic (exact) mass is 322 g/mol. The Bertz CT molecular complexity index is 487. The minimum absolute atomic E-state index is 0.482. The quantitative estimate of drug-likeness (QED) is 0.845. The highest BCUT2D eigenvalue weighted by Gasteiger charge is 2.04. The molecular formula is C9H5BrCl2N2S. The van der Waals surface area contributed by atoms with Crippen molar-refractivity contribution in [2.75, 3.05) is 5.32 Å². The molecule has 0 aliphatic heterocycles. The van der Waals surface area contributed by atoms with Gasteiger partial charge in [-0.05, 0) is 18.2 Å². The largest absolute Gasteiger partial charge is 0.330 e. The van der Waals surface area contributed by atoms with Gasteiger partial charge in [0.2, 0.25) is 0 Å². The number of halogens is 3. The lowest BCUT2D eigenvalue weighted by molar-refractivity contribution is 1.39. The Morgan fingerprint density at radius 2 is 2.13 bits per heavy atom. The minimum atomic E-state index is 0.482. The third-order valence-corrected chi connectivity index (χ3v) is 3.54. The van der Waals surface area contributed by atoms with Crippen LogP contribution in [-0.4, -0.2) is 4.98 Å². The van der Waals surface area contributed by atoms with E-state index in [4.69, 9.17) is 23.2 Å². The van der Waals surface area contributed by atoms with Gasteiger partial charge >= 0.3 is 0 Å². The minimum Gasteiger partial charge on any atom is -0.330 e. The molecule has 0 unspecified atom stereocenters. The zero-order valence-electron chi connectivity index (χ0n) is 7.30. The molecule has 0 fully saturated rings. The number of nitrogens with zero attached hydrogens (tertiary/aromatic N) is 1. The fraction of sp³-hybridized carbons (Fsp3) is 0. The molecule has 2 aromatic rings. The van der Waals surface area contributed by atoms with Crippen molar-refractivity contribution >= 4 is 61.3 Å². The van der Waals surface area contributed by atoms with Crippen molar-refractivity contribution in [3.05, 3.63) is 38.2 Å². The van der Waals surface area contributed by atoms with Crippen molar-refractivity contribution in [1.29, 1.82) is 0 Å². The van der Waals surface area contributed by atoms with Gasteiger partial charge in [-0.3, -0.25) is 0 Å². The topological polar surface area (TPSA) is 24.9 Å². The zero-order chi connectivity index (χ0) is 10.8. The molecule has 2 nitrogen and oxygen atoms in total. The number of benzene rings is 1. The van der Waals surface area contributed by atoms with Gasteiger partial charge in [0.1, 0.15) is 5.15 Å². The van der Waals surface area contributed by atoms with E-state index in [0.717, 1.165) is 15.3 Å². The molecular weight excluding hydrogens is 319 g/mol. The summed E-state index contributed by atoms with van der Waals surface area (Å²) in [6.45, 7) is 0. The summed E-state index contributed by atoms with van der Waals surface area (Å²) < 4.78 is 0.940. The number of thiazole rings is 1. The van der Waals surface area contributed by atoms with Gasteiger partial charge in [-0.15, -0.1) is 11.3 Å². The van der Waals surface area contributed by atoms with Crippen molar-refractivity contribution in [1.82, 2.24) is 4.98 Å². The van der Waals surface area contributed by atoms with E-state index < -0.39 is 0 Å². The molecule has 0 aliphatic rings. The average molecular weight is 324 g/mol. The van der Waals surface area contributed by atoms with Crippen LogP contribution < -0.4 is 5.32 Å². The lowest BCUT2D eigenvalue weighted by atomic mass is 10.3. The summed E-state index contributed by atoms with van der Waals surface area (Å²) in [5, 5.41) is 6.69. The highest BCUT2D eigenvalue weighted by atomic mass is 79.9. The summed E-state index contributed by atoms with van der Waals surface area (Å²) in [6.07, 6.45) is 0. The van der Waals surface area contributed by atoms with Crippen molar-refractivity contribution in [2.45, 2.75) is 0 Å². The van der Waals surface area contributed by atoms with Crippen LogP contribution in [0.25, 0.3) is 0 Å². The molecule has 6 heteroatoms. The lowest BCUT2D eigenvalue weighted by Gasteiger charge is -2.04. The van der Waals surface area contributed by atoms with Crippen LogP contribution in [0.1, 0.15) is 0 Å². The van der Waals surface area contributed by atoms with Crippen LogP contribution in [-0.2, 0) is 0 Å². The smallest absolute Gasteiger partial charge is 0.188 e. The maximum atomic E-state index is 6.04.